The molecule has 0 aromatic rings. The van der Waals surface area contributed by atoms with Gasteiger partial charge in [0.15, 0.2) is 0 Å². The monoisotopic (exact) mass is 334 g/mol. The largest absolute Gasteiger partial charge is 0.396 e. The Morgan fingerprint density at radius 2 is 1.15 bits per heavy atom. The highest BCUT2D eigenvalue weighted by Crippen LogP contribution is 1.84. The Hall–Kier alpha value is 0.0400. The van der Waals surface area contributed by atoms with Gasteiger partial charge in [-0.1, -0.05) is 0 Å². The van der Waals surface area contributed by atoms with Crippen LogP contribution in [0.25, 0.3) is 0 Å². The average Bonchev–Trinajstić information content (AvgIpc) is 2.41. The minimum absolute atomic E-state index is 0.293. The van der Waals surface area contributed by atoms with Crippen LogP contribution in [-0.2, 0) is 10.1 Å². The van der Waals surface area contributed by atoms with Crippen molar-refractivity contribution >= 4 is 21.7 Å². The summed E-state index contributed by atoms with van der Waals surface area (Å²) in [4.78, 5) is 0. The van der Waals surface area contributed by atoms with Crippen molar-refractivity contribution in [2.45, 2.75) is 25.7 Å². The van der Waals surface area contributed by atoms with E-state index in [4.69, 9.17) is 14.8 Å². The van der Waals surface area contributed by atoms with E-state index < -0.39 is 15.3 Å². The summed E-state index contributed by atoms with van der Waals surface area (Å²) in [5, 5.41) is 22.9. The third-order valence-electron chi connectivity index (χ3n) is 2.14. The zero-order valence-corrected chi connectivity index (χ0v) is 13.3. The second-order valence-corrected chi connectivity index (χ2v) is 6.09. The van der Waals surface area contributed by atoms with Crippen molar-refractivity contribution in [3.8, 4) is 0 Å². The molecule has 124 valence electrons. The van der Waals surface area contributed by atoms with Crippen molar-refractivity contribution in [1.82, 2.24) is 10.6 Å². The Kier molecular flexibility index (Phi) is 19.1. The molecule has 0 atom stereocenters. The van der Waals surface area contributed by atoms with E-state index in [9.17, 15) is 8.42 Å². The van der Waals surface area contributed by atoms with Crippen LogP contribution >= 0.6 is 11.6 Å². The Bertz CT molecular complexity index is 266. The molecule has 0 heterocycles. The first-order valence-corrected chi connectivity index (χ1v) is 8.76. The summed E-state index contributed by atoms with van der Waals surface area (Å²) < 4.78 is 26.5. The fraction of sp³-hybridized carbons (Fsp3) is 1.00. The summed E-state index contributed by atoms with van der Waals surface area (Å²) in [5.74, 6) is 0. The lowest BCUT2D eigenvalue weighted by Crippen LogP contribution is -2.28. The molecule has 5 N–H and O–H groups in total. The van der Waals surface area contributed by atoms with Crippen LogP contribution in [-0.4, -0.2) is 67.8 Å². The van der Waals surface area contributed by atoms with Crippen molar-refractivity contribution in [1.29, 1.82) is 0 Å². The van der Waals surface area contributed by atoms with Crippen LogP contribution in [0.4, 0.5) is 0 Å². The van der Waals surface area contributed by atoms with E-state index in [2.05, 4.69) is 22.2 Å². The van der Waals surface area contributed by atoms with E-state index in [0.29, 0.717) is 13.2 Å². The predicted molar refractivity (Wildman–Crippen MR) is 80.6 cm³/mol. The highest BCUT2D eigenvalue weighted by Gasteiger charge is 1.95. The molecule has 0 aliphatic heterocycles. The van der Waals surface area contributed by atoms with Gasteiger partial charge >= 0.3 is 0 Å². The number of alkyl halides is 1. The van der Waals surface area contributed by atoms with Gasteiger partial charge in [-0.25, -0.2) is 0 Å². The topological polar surface area (TPSA) is 119 Å². The Morgan fingerprint density at radius 3 is 1.40 bits per heavy atom. The van der Waals surface area contributed by atoms with E-state index in [0.717, 1.165) is 51.9 Å². The molecule has 0 spiro atoms. The summed E-state index contributed by atoms with van der Waals surface area (Å²) in [6, 6.07) is 0. The molecular weight excluding hydrogens is 308 g/mol. The Balaban J connectivity index is 0. The maximum Gasteiger partial charge on any atom is 0.279 e. The van der Waals surface area contributed by atoms with Gasteiger partial charge in [0.25, 0.3) is 10.1 Å². The van der Waals surface area contributed by atoms with Crippen LogP contribution in [0.5, 0.6) is 0 Å². The van der Waals surface area contributed by atoms with E-state index in [-0.39, 0.29) is 0 Å². The van der Waals surface area contributed by atoms with Crippen LogP contribution in [0.3, 0.4) is 0 Å². The van der Waals surface area contributed by atoms with Crippen LogP contribution in [0.2, 0.25) is 0 Å². The third kappa shape index (κ3) is 26.6. The van der Waals surface area contributed by atoms with Gasteiger partial charge in [-0.15, -0.1) is 11.6 Å². The van der Waals surface area contributed by atoms with Gasteiger partial charge < -0.3 is 20.8 Å². The van der Waals surface area contributed by atoms with Crippen LogP contribution in [0.15, 0.2) is 0 Å². The van der Waals surface area contributed by atoms with Crippen molar-refractivity contribution in [2.75, 3.05) is 44.6 Å². The van der Waals surface area contributed by atoms with E-state index in [1.807, 2.05) is 0 Å². The molecule has 0 aromatic carbocycles. The molecule has 0 saturated heterocycles. The quantitative estimate of drug-likeness (QED) is 0.190. The van der Waals surface area contributed by atoms with Gasteiger partial charge in [0.2, 0.25) is 0 Å². The second-order valence-electron chi connectivity index (χ2n) is 4.05. The normalized spacial score (nSPS) is 11.0. The number of unbranched alkanes of at least 4 members (excludes halogenated alkanes) is 2. The zero-order chi connectivity index (χ0) is 15.7. The van der Waals surface area contributed by atoms with Crippen molar-refractivity contribution < 1.29 is 23.2 Å². The lowest BCUT2D eigenvalue weighted by Gasteiger charge is -2.05. The molecule has 0 fully saturated rings. The molecule has 0 aromatic heterocycles. The van der Waals surface area contributed by atoms with E-state index in [1.54, 1.807) is 0 Å². The van der Waals surface area contributed by atoms with Crippen LogP contribution in [0.1, 0.15) is 25.7 Å². The molecule has 0 saturated carbocycles. The zero-order valence-electron chi connectivity index (χ0n) is 11.7. The second kappa shape index (κ2) is 17.1. The fourth-order valence-electron chi connectivity index (χ4n) is 1.15. The lowest BCUT2D eigenvalue weighted by molar-refractivity contribution is 0.282. The van der Waals surface area contributed by atoms with Crippen molar-refractivity contribution in [3.63, 3.8) is 0 Å². The molecule has 20 heavy (non-hydrogen) atoms. The highest BCUT2D eigenvalue weighted by molar-refractivity contribution is 7.87. The number of nitrogens with one attached hydrogen (secondary N) is 2. The predicted octanol–water partition coefficient (Wildman–Crippen LogP) is -0.219. The highest BCUT2D eigenvalue weighted by atomic mass is 35.5. The number of aliphatic hydroxyl groups excluding tert-OH is 2. The summed E-state index contributed by atoms with van der Waals surface area (Å²) in [6.45, 7) is 4.51. The number of hydrogen-bond donors (Lipinski definition) is 5. The minimum Gasteiger partial charge on any atom is -0.396 e. The SMILES string of the molecule is O=S(=O)(O)CCl.OCCCCNCCNCCCCO. The fourth-order valence-corrected chi connectivity index (χ4v) is 1.15. The number of rotatable bonds is 12. The smallest absolute Gasteiger partial charge is 0.279 e. The molecule has 0 unspecified atom stereocenters. The first-order chi connectivity index (χ1) is 9.47. The maximum absolute atomic E-state index is 9.42. The minimum atomic E-state index is -3.90. The molecule has 0 bridgehead atoms. The van der Waals surface area contributed by atoms with Crippen molar-refractivity contribution in [2.24, 2.45) is 0 Å². The number of hydrogen-bond acceptors (Lipinski definition) is 6. The van der Waals surface area contributed by atoms with E-state index >= 15 is 0 Å². The van der Waals surface area contributed by atoms with Crippen molar-refractivity contribution in [3.05, 3.63) is 0 Å². The molecular formula is C11H27ClN2O5S. The van der Waals surface area contributed by atoms with E-state index in [1.165, 1.54) is 0 Å². The first kappa shape index (κ1) is 22.3. The van der Waals surface area contributed by atoms with Gasteiger partial charge in [0, 0.05) is 26.3 Å². The van der Waals surface area contributed by atoms with Gasteiger partial charge in [-0.3, -0.25) is 4.55 Å². The van der Waals surface area contributed by atoms with Gasteiger partial charge in [0.1, 0.15) is 5.21 Å². The Labute approximate surface area is 126 Å². The summed E-state index contributed by atoms with van der Waals surface area (Å²) in [6.07, 6.45) is 3.86. The average molecular weight is 335 g/mol. The number of halogens is 1. The van der Waals surface area contributed by atoms with Gasteiger partial charge in [0.05, 0.1) is 0 Å². The molecule has 0 rings (SSSR count). The molecule has 9 heteroatoms. The summed E-state index contributed by atoms with van der Waals surface area (Å²) >= 11 is 4.64. The first-order valence-electron chi connectivity index (χ1n) is 6.62. The summed E-state index contributed by atoms with van der Waals surface area (Å²) in [5.41, 5.74) is 0. The van der Waals surface area contributed by atoms with Crippen LogP contribution in [0, 0.1) is 0 Å². The molecule has 0 aliphatic rings. The lowest BCUT2D eigenvalue weighted by atomic mass is 10.3. The molecule has 7 nitrogen and oxygen atoms in total. The van der Waals surface area contributed by atoms with Gasteiger partial charge in [-0.2, -0.15) is 8.42 Å². The Morgan fingerprint density at radius 1 is 0.800 bits per heavy atom. The maximum atomic E-state index is 9.42. The molecule has 0 amide bonds. The standard InChI is InChI=1S/C10H24N2O2.CH3ClO3S/c13-9-3-1-5-11-7-8-12-6-2-4-10-14;2-1-6(3,4)5/h11-14H,1-10H2;1H2,(H,3,4,5). The van der Waals surface area contributed by atoms with Gasteiger partial charge in [-0.05, 0) is 38.8 Å². The molecule has 0 radical (unpaired) electrons. The number of aliphatic hydroxyl groups is 2. The third-order valence-corrected chi connectivity index (χ3v) is 3.24. The summed E-state index contributed by atoms with van der Waals surface area (Å²) in [7, 11) is -3.90. The van der Waals surface area contributed by atoms with Crippen LogP contribution < -0.4 is 10.6 Å². The molecule has 0 aliphatic carbocycles.